The fourth-order valence-electron chi connectivity index (χ4n) is 3.21. The average Bonchev–Trinajstić information content (AvgIpc) is 2.56. The Morgan fingerprint density at radius 3 is 2.62 bits per heavy atom. The molecule has 1 heterocycles. The largest absolute Gasteiger partial charge is 0.390 e. The lowest BCUT2D eigenvalue weighted by Gasteiger charge is -2.35. The fraction of sp³-hybridized carbons (Fsp3) is 0.444. The van der Waals surface area contributed by atoms with Crippen molar-refractivity contribution >= 4 is 28.3 Å². The lowest BCUT2D eigenvalue weighted by atomic mass is 9.79. The summed E-state index contributed by atoms with van der Waals surface area (Å²) >= 11 is 6.18. The summed E-state index contributed by atoms with van der Waals surface area (Å²) in [6, 6.07) is 6.87. The summed E-state index contributed by atoms with van der Waals surface area (Å²) in [5.41, 5.74) is -0.152. The van der Waals surface area contributed by atoms with Gasteiger partial charge in [0.1, 0.15) is 0 Å². The van der Waals surface area contributed by atoms with Crippen molar-refractivity contribution in [3.05, 3.63) is 41.0 Å². The first-order valence-electron chi connectivity index (χ1n) is 7.96. The second kappa shape index (κ2) is 6.37. The van der Waals surface area contributed by atoms with E-state index in [-0.39, 0.29) is 44.3 Å². The number of benzene rings is 1. The number of hydrogen-bond acceptors (Lipinski definition) is 3. The highest BCUT2D eigenvalue weighted by Gasteiger charge is 2.42. The number of halogens is 3. The summed E-state index contributed by atoms with van der Waals surface area (Å²) in [6.07, 6.45) is 1.21. The van der Waals surface area contributed by atoms with Crippen LogP contribution in [0.4, 0.5) is 8.78 Å². The number of nitrogens with zero attached hydrogens (tertiary/aromatic N) is 1. The second-order valence-corrected chi connectivity index (χ2v) is 6.90. The van der Waals surface area contributed by atoms with Crippen molar-refractivity contribution in [1.82, 2.24) is 4.98 Å². The van der Waals surface area contributed by atoms with E-state index in [4.69, 9.17) is 11.6 Å². The third-order valence-corrected chi connectivity index (χ3v) is 5.06. The summed E-state index contributed by atoms with van der Waals surface area (Å²) in [5, 5.41) is 11.5. The molecule has 0 aliphatic heterocycles. The van der Waals surface area contributed by atoms with E-state index in [1.54, 1.807) is 30.5 Å². The van der Waals surface area contributed by atoms with Gasteiger partial charge < -0.3 is 5.11 Å². The minimum atomic E-state index is -2.71. The van der Waals surface area contributed by atoms with Gasteiger partial charge in [0.25, 0.3) is 0 Å². The molecule has 128 valence electrons. The monoisotopic (exact) mass is 353 g/mol. The van der Waals surface area contributed by atoms with Gasteiger partial charge in [-0.1, -0.05) is 17.7 Å². The molecule has 24 heavy (non-hydrogen) atoms. The molecule has 1 aromatic heterocycles. The molecule has 3 nitrogen and oxygen atoms in total. The van der Waals surface area contributed by atoms with Gasteiger partial charge in [-0.3, -0.25) is 9.78 Å². The Kier molecular flexibility index (Phi) is 4.58. The van der Waals surface area contributed by atoms with E-state index < -0.39 is 11.5 Å². The van der Waals surface area contributed by atoms with Crippen LogP contribution in [0.1, 0.15) is 48.9 Å². The van der Waals surface area contributed by atoms with Crippen LogP contribution >= 0.6 is 11.6 Å². The molecule has 0 amide bonds. The third-order valence-electron chi connectivity index (χ3n) is 4.74. The number of aromatic nitrogens is 1. The zero-order valence-corrected chi connectivity index (χ0v) is 13.8. The number of fused-ring (bicyclic) bond motifs is 1. The zero-order valence-electron chi connectivity index (χ0n) is 13.1. The quantitative estimate of drug-likeness (QED) is 0.804. The lowest BCUT2D eigenvalue weighted by Crippen LogP contribution is -2.38. The molecule has 0 radical (unpaired) electrons. The highest BCUT2D eigenvalue weighted by molar-refractivity contribution is 6.35. The maximum absolute atomic E-state index is 13.2. The van der Waals surface area contributed by atoms with Crippen molar-refractivity contribution in [2.45, 2.75) is 50.0 Å². The molecule has 3 rings (SSSR count). The SMILES string of the molecule is O=C(CCC1(O)CCC(F)(F)CC1)c1c(Cl)ccc2ncccc12. The maximum Gasteiger partial charge on any atom is 0.248 e. The summed E-state index contributed by atoms with van der Waals surface area (Å²) in [5.74, 6) is -2.91. The number of aliphatic hydroxyl groups is 1. The van der Waals surface area contributed by atoms with Crippen molar-refractivity contribution in [2.24, 2.45) is 0 Å². The Labute approximate surface area is 143 Å². The molecule has 1 saturated carbocycles. The first kappa shape index (κ1) is 17.2. The van der Waals surface area contributed by atoms with E-state index in [1.165, 1.54) is 0 Å². The van der Waals surface area contributed by atoms with Crippen molar-refractivity contribution in [3.8, 4) is 0 Å². The number of pyridine rings is 1. The first-order valence-corrected chi connectivity index (χ1v) is 8.34. The molecule has 0 atom stereocenters. The van der Waals surface area contributed by atoms with Crippen LogP contribution in [-0.2, 0) is 0 Å². The van der Waals surface area contributed by atoms with Crippen LogP contribution in [0.3, 0.4) is 0 Å². The van der Waals surface area contributed by atoms with Crippen molar-refractivity contribution in [3.63, 3.8) is 0 Å². The van der Waals surface area contributed by atoms with Gasteiger partial charge in [-0.25, -0.2) is 8.78 Å². The van der Waals surface area contributed by atoms with Crippen molar-refractivity contribution in [2.75, 3.05) is 0 Å². The Morgan fingerprint density at radius 2 is 1.92 bits per heavy atom. The highest BCUT2D eigenvalue weighted by atomic mass is 35.5. The molecule has 0 bridgehead atoms. The van der Waals surface area contributed by atoms with Gasteiger partial charge in [-0.05, 0) is 37.5 Å². The van der Waals surface area contributed by atoms with Crippen LogP contribution in [-0.4, -0.2) is 27.4 Å². The lowest BCUT2D eigenvalue weighted by molar-refractivity contribution is -0.105. The van der Waals surface area contributed by atoms with Gasteiger partial charge >= 0.3 is 0 Å². The number of hydrogen-bond donors (Lipinski definition) is 1. The summed E-state index contributed by atoms with van der Waals surface area (Å²) < 4.78 is 26.5. The molecule has 0 spiro atoms. The molecule has 0 unspecified atom stereocenters. The highest BCUT2D eigenvalue weighted by Crippen LogP contribution is 2.41. The molecule has 1 aliphatic rings. The standard InChI is InChI=1S/C18H18ClF2NO2/c19-13-3-4-14-12(2-1-11-22-14)16(13)15(23)5-6-17(24)7-9-18(20,21)10-8-17/h1-4,11,24H,5-10H2. The maximum atomic E-state index is 13.2. The van der Waals surface area contributed by atoms with E-state index >= 15 is 0 Å². The smallest absolute Gasteiger partial charge is 0.248 e. The minimum absolute atomic E-state index is 0.0120. The average molecular weight is 354 g/mol. The van der Waals surface area contributed by atoms with Crippen LogP contribution in [0, 0.1) is 0 Å². The van der Waals surface area contributed by atoms with Gasteiger partial charge in [0, 0.05) is 36.4 Å². The molecular formula is C18H18ClF2NO2. The Balaban J connectivity index is 1.76. The number of carbonyl (C=O) groups excluding carboxylic acids is 1. The van der Waals surface area contributed by atoms with E-state index in [1.807, 2.05) is 0 Å². The minimum Gasteiger partial charge on any atom is -0.390 e. The first-order chi connectivity index (χ1) is 11.3. The summed E-state index contributed by atoms with van der Waals surface area (Å²) in [7, 11) is 0. The molecule has 1 aliphatic carbocycles. The van der Waals surface area contributed by atoms with Crippen LogP contribution in [0.25, 0.3) is 10.9 Å². The summed E-state index contributed by atoms with van der Waals surface area (Å²) in [6.45, 7) is 0. The van der Waals surface area contributed by atoms with Crippen LogP contribution in [0.2, 0.25) is 5.02 Å². The molecule has 1 fully saturated rings. The molecule has 1 aromatic carbocycles. The third kappa shape index (κ3) is 3.57. The predicted molar refractivity (Wildman–Crippen MR) is 88.7 cm³/mol. The van der Waals surface area contributed by atoms with Gasteiger partial charge in [-0.2, -0.15) is 0 Å². The van der Waals surface area contributed by atoms with Crippen LogP contribution < -0.4 is 0 Å². The number of Topliss-reactive ketones (excluding diaryl/α,β-unsaturated/α-hetero) is 1. The van der Waals surface area contributed by atoms with Gasteiger partial charge in [-0.15, -0.1) is 0 Å². The molecule has 6 heteroatoms. The fourth-order valence-corrected chi connectivity index (χ4v) is 3.48. The van der Waals surface area contributed by atoms with Crippen molar-refractivity contribution < 1.29 is 18.7 Å². The number of ketones is 1. The van der Waals surface area contributed by atoms with Crippen molar-refractivity contribution in [1.29, 1.82) is 0 Å². The zero-order chi connectivity index (χ0) is 17.4. The summed E-state index contributed by atoms with van der Waals surface area (Å²) in [4.78, 5) is 16.8. The predicted octanol–water partition coefficient (Wildman–Crippen LogP) is 4.79. The Bertz CT molecular complexity index is 769. The van der Waals surface area contributed by atoms with Crippen LogP contribution in [0.15, 0.2) is 30.5 Å². The normalized spacial score (nSPS) is 19.3. The molecule has 1 N–H and O–H groups in total. The van der Waals surface area contributed by atoms with E-state index in [9.17, 15) is 18.7 Å². The number of alkyl halides is 2. The van der Waals surface area contributed by atoms with E-state index in [2.05, 4.69) is 4.98 Å². The van der Waals surface area contributed by atoms with Gasteiger partial charge in [0.2, 0.25) is 5.92 Å². The van der Waals surface area contributed by atoms with Gasteiger partial charge in [0.05, 0.1) is 16.1 Å². The van der Waals surface area contributed by atoms with E-state index in [0.29, 0.717) is 21.5 Å². The number of rotatable bonds is 4. The number of carbonyl (C=O) groups is 1. The Hall–Kier alpha value is -1.59. The Morgan fingerprint density at radius 1 is 1.21 bits per heavy atom. The second-order valence-electron chi connectivity index (χ2n) is 6.50. The molecule has 2 aromatic rings. The van der Waals surface area contributed by atoms with Gasteiger partial charge in [0.15, 0.2) is 5.78 Å². The van der Waals surface area contributed by atoms with E-state index in [0.717, 1.165) is 0 Å². The van der Waals surface area contributed by atoms with Crippen LogP contribution in [0.5, 0.6) is 0 Å². The molecule has 0 saturated heterocycles. The topological polar surface area (TPSA) is 50.2 Å². The molecular weight excluding hydrogens is 336 g/mol.